The highest BCUT2D eigenvalue weighted by Gasteiger charge is 2.18. The van der Waals surface area contributed by atoms with Gasteiger partial charge in [0.1, 0.15) is 5.76 Å². The predicted molar refractivity (Wildman–Crippen MR) is 84.1 cm³/mol. The molecule has 2 heteroatoms. The summed E-state index contributed by atoms with van der Waals surface area (Å²) in [5.41, 5.74) is 5.26. The van der Waals surface area contributed by atoms with Gasteiger partial charge in [-0.15, -0.1) is 0 Å². The van der Waals surface area contributed by atoms with Gasteiger partial charge in [0.15, 0.2) is 0 Å². The lowest BCUT2D eigenvalue weighted by Gasteiger charge is -2.20. The van der Waals surface area contributed by atoms with Crippen molar-refractivity contribution >= 4 is 0 Å². The third-order valence-electron chi connectivity index (χ3n) is 3.87. The van der Waals surface area contributed by atoms with E-state index in [9.17, 15) is 0 Å². The molecule has 0 bridgehead atoms. The average molecular weight is 271 g/mol. The maximum atomic E-state index is 5.61. The van der Waals surface area contributed by atoms with Crippen molar-refractivity contribution in [2.45, 2.75) is 46.6 Å². The molecule has 0 spiro atoms. The zero-order valence-electron chi connectivity index (χ0n) is 13.0. The van der Waals surface area contributed by atoms with Crippen LogP contribution < -0.4 is 5.32 Å². The standard InChI is InChI=1S/C18H25NO/c1-5-10-19-18(16-9-11-20-17(16)6-2)15-8-7-13(3)14(4)12-15/h7-9,11-12,18-19H,5-6,10H2,1-4H3. The highest BCUT2D eigenvalue weighted by atomic mass is 16.3. The van der Waals surface area contributed by atoms with E-state index >= 15 is 0 Å². The van der Waals surface area contributed by atoms with Gasteiger partial charge in [-0.1, -0.05) is 32.0 Å². The maximum absolute atomic E-state index is 5.61. The fraction of sp³-hybridized carbons (Fsp3) is 0.444. The highest BCUT2D eigenvalue weighted by Crippen LogP contribution is 2.27. The summed E-state index contributed by atoms with van der Waals surface area (Å²) in [6.07, 6.45) is 3.86. The molecule has 2 rings (SSSR count). The van der Waals surface area contributed by atoms with Crippen molar-refractivity contribution in [1.82, 2.24) is 5.32 Å². The minimum absolute atomic E-state index is 0.225. The Morgan fingerprint density at radius 2 is 1.90 bits per heavy atom. The molecule has 2 aromatic rings. The van der Waals surface area contributed by atoms with Crippen LogP contribution in [0.25, 0.3) is 0 Å². The molecule has 1 aromatic heterocycles. The van der Waals surface area contributed by atoms with Gasteiger partial charge in [-0.25, -0.2) is 0 Å². The quantitative estimate of drug-likeness (QED) is 0.834. The molecule has 0 amide bonds. The van der Waals surface area contributed by atoms with Crippen LogP contribution in [0.4, 0.5) is 0 Å². The first-order valence-corrected chi connectivity index (χ1v) is 7.54. The molecule has 0 fully saturated rings. The summed E-state index contributed by atoms with van der Waals surface area (Å²) in [5.74, 6) is 1.08. The summed E-state index contributed by atoms with van der Waals surface area (Å²) >= 11 is 0. The van der Waals surface area contributed by atoms with Crippen LogP contribution in [0.5, 0.6) is 0 Å². The number of nitrogens with one attached hydrogen (secondary N) is 1. The second kappa shape index (κ2) is 6.76. The zero-order chi connectivity index (χ0) is 14.5. The number of hydrogen-bond acceptors (Lipinski definition) is 2. The Morgan fingerprint density at radius 3 is 2.55 bits per heavy atom. The molecule has 0 radical (unpaired) electrons. The smallest absolute Gasteiger partial charge is 0.108 e. The number of furan rings is 1. The molecule has 1 unspecified atom stereocenters. The lowest BCUT2D eigenvalue weighted by molar-refractivity contribution is 0.500. The van der Waals surface area contributed by atoms with Crippen molar-refractivity contribution in [1.29, 1.82) is 0 Å². The lowest BCUT2D eigenvalue weighted by atomic mass is 9.95. The molecule has 1 atom stereocenters. The van der Waals surface area contributed by atoms with Crippen LogP contribution in [0, 0.1) is 13.8 Å². The molecule has 0 aliphatic heterocycles. The number of hydrogen-bond donors (Lipinski definition) is 1. The Hall–Kier alpha value is -1.54. The average Bonchev–Trinajstić information content (AvgIpc) is 2.91. The Balaban J connectivity index is 2.38. The van der Waals surface area contributed by atoms with Gasteiger partial charge in [0, 0.05) is 12.0 Å². The summed E-state index contributed by atoms with van der Waals surface area (Å²) in [4.78, 5) is 0. The molecule has 1 heterocycles. The van der Waals surface area contributed by atoms with E-state index in [0.29, 0.717) is 0 Å². The molecule has 108 valence electrons. The summed E-state index contributed by atoms with van der Waals surface area (Å²) in [5, 5.41) is 3.65. The van der Waals surface area contributed by atoms with Crippen LogP contribution in [0.1, 0.15) is 54.3 Å². The van der Waals surface area contributed by atoms with Gasteiger partial charge in [0.05, 0.1) is 12.3 Å². The maximum Gasteiger partial charge on any atom is 0.108 e. The second-order valence-corrected chi connectivity index (χ2v) is 5.38. The first-order valence-electron chi connectivity index (χ1n) is 7.54. The van der Waals surface area contributed by atoms with Crippen molar-refractivity contribution in [3.8, 4) is 0 Å². The summed E-state index contributed by atoms with van der Waals surface area (Å²) in [6, 6.07) is 9.04. The second-order valence-electron chi connectivity index (χ2n) is 5.38. The number of rotatable bonds is 6. The van der Waals surface area contributed by atoms with Crippen LogP contribution in [0.15, 0.2) is 34.9 Å². The minimum Gasteiger partial charge on any atom is -0.469 e. The number of aryl methyl sites for hydroxylation is 3. The van der Waals surface area contributed by atoms with Crippen molar-refractivity contribution in [2.75, 3.05) is 6.54 Å². The molecule has 0 saturated heterocycles. The van der Waals surface area contributed by atoms with E-state index in [1.807, 2.05) is 0 Å². The highest BCUT2D eigenvalue weighted by molar-refractivity contribution is 5.38. The molecular weight excluding hydrogens is 246 g/mol. The van der Waals surface area contributed by atoms with Crippen molar-refractivity contribution in [3.63, 3.8) is 0 Å². The van der Waals surface area contributed by atoms with Gasteiger partial charge in [-0.2, -0.15) is 0 Å². The molecule has 1 aromatic carbocycles. The molecular formula is C18H25NO. The first-order chi connectivity index (χ1) is 9.67. The van der Waals surface area contributed by atoms with E-state index in [0.717, 1.165) is 25.1 Å². The van der Waals surface area contributed by atoms with Gasteiger partial charge in [0.2, 0.25) is 0 Å². The molecule has 0 aliphatic carbocycles. The monoisotopic (exact) mass is 271 g/mol. The fourth-order valence-electron chi connectivity index (χ4n) is 2.54. The lowest BCUT2D eigenvalue weighted by Crippen LogP contribution is -2.23. The third kappa shape index (κ3) is 3.13. The predicted octanol–water partition coefficient (Wildman–Crippen LogP) is 4.55. The minimum atomic E-state index is 0.225. The SMILES string of the molecule is CCCNC(c1ccc(C)c(C)c1)c1ccoc1CC. The van der Waals surface area contributed by atoms with E-state index in [4.69, 9.17) is 4.42 Å². The molecule has 0 saturated carbocycles. The van der Waals surface area contributed by atoms with Gasteiger partial charge >= 0.3 is 0 Å². The Labute approximate surface area is 122 Å². The van der Waals surface area contributed by atoms with Gasteiger partial charge in [0.25, 0.3) is 0 Å². The summed E-state index contributed by atoms with van der Waals surface area (Å²) < 4.78 is 5.61. The molecule has 2 nitrogen and oxygen atoms in total. The largest absolute Gasteiger partial charge is 0.469 e. The van der Waals surface area contributed by atoms with E-state index in [2.05, 4.69) is 57.3 Å². The first kappa shape index (κ1) is 14.9. The number of benzene rings is 1. The van der Waals surface area contributed by atoms with Crippen molar-refractivity contribution < 1.29 is 4.42 Å². The van der Waals surface area contributed by atoms with Crippen LogP contribution in [0.2, 0.25) is 0 Å². The van der Waals surface area contributed by atoms with Gasteiger partial charge < -0.3 is 9.73 Å². The normalized spacial score (nSPS) is 12.6. The van der Waals surface area contributed by atoms with E-state index in [-0.39, 0.29) is 6.04 Å². The van der Waals surface area contributed by atoms with Crippen LogP contribution in [-0.4, -0.2) is 6.54 Å². The molecule has 0 aliphatic rings. The van der Waals surface area contributed by atoms with E-state index in [1.54, 1.807) is 6.26 Å². The molecule has 1 N–H and O–H groups in total. The van der Waals surface area contributed by atoms with Crippen LogP contribution in [-0.2, 0) is 6.42 Å². The summed E-state index contributed by atoms with van der Waals surface area (Å²) in [7, 11) is 0. The Bertz CT molecular complexity index is 556. The van der Waals surface area contributed by atoms with Crippen LogP contribution in [0.3, 0.4) is 0 Å². The Morgan fingerprint density at radius 1 is 1.10 bits per heavy atom. The van der Waals surface area contributed by atoms with Crippen molar-refractivity contribution in [2.24, 2.45) is 0 Å². The fourth-order valence-corrected chi connectivity index (χ4v) is 2.54. The van der Waals surface area contributed by atoms with Gasteiger partial charge in [-0.05, 0) is 49.6 Å². The van der Waals surface area contributed by atoms with E-state index in [1.165, 1.54) is 22.3 Å². The third-order valence-corrected chi connectivity index (χ3v) is 3.87. The van der Waals surface area contributed by atoms with Crippen LogP contribution >= 0.6 is 0 Å². The summed E-state index contributed by atoms with van der Waals surface area (Å²) in [6.45, 7) is 9.67. The topological polar surface area (TPSA) is 25.2 Å². The van der Waals surface area contributed by atoms with Gasteiger partial charge in [-0.3, -0.25) is 0 Å². The van der Waals surface area contributed by atoms with E-state index < -0.39 is 0 Å². The van der Waals surface area contributed by atoms with Crippen molar-refractivity contribution in [3.05, 3.63) is 58.5 Å². The Kier molecular flexibility index (Phi) is 5.02. The zero-order valence-corrected chi connectivity index (χ0v) is 13.0. The molecule has 20 heavy (non-hydrogen) atoms.